The van der Waals surface area contributed by atoms with Gasteiger partial charge in [-0.15, -0.1) is 0 Å². The molecule has 0 bridgehead atoms. The van der Waals surface area contributed by atoms with Crippen molar-refractivity contribution in [3.63, 3.8) is 0 Å². The molecule has 0 spiro atoms. The van der Waals surface area contributed by atoms with Crippen LogP contribution in [0, 0.1) is 0 Å². The second-order valence-corrected chi connectivity index (χ2v) is 4.18. The molecule has 0 unspecified atom stereocenters. The first-order valence-corrected chi connectivity index (χ1v) is 6.07. The number of carbonyl (C=O) groups is 2. The number of benzene rings is 1. The Bertz CT molecular complexity index is 502. The van der Waals surface area contributed by atoms with Crippen LogP contribution in [0.1, 0.15) is 23.2 Å². The largest absolute Gasteiger partial charge is 0.482 e. The second kappa shape index (κ2) is 7.51. The highest BCUT2D eigenvalue weighted by Gasteiger charge is 2.26. The third-order valence-corrected chi connectivity index (χ3v) is 2.38. The highest BCUT2D eigenvalue weighted by molar-refractivity contribution is 5.94. The van der Waals surface area contributed by atoms with E-state index in [1.165, 1.54) is 24.3 Å². The third-order valence-electron chi connectivity index (χ3n) is 2.38. The summed E-state index contributed by atoms with van der Waals surface area (Å²) >= 11 is 0. The molecule has 0 atom stereocenters. The Morgan fingerprint density at radius 1 is 1.29 bits per heavy atom. The number of aliphatic carboxylic acids is 1. The van der Waals surface area contributed by atoms with Crippen molar-refractivity contribution < 1.29 is 32.6 Å². The second-order valence-electron chi connectivity index (χ2n) is 4.18. The van der Waals surface area contributed by atoms with Crippen molar-refractivity contribution in [2.75, 3.05) is 13.2 Å². The zero-order chi connectivity index (χ0) is 15.9. The fourth-order valence-electron chi connectivity index (χ4n) is 1.47. The lowest BCUT2D eigenvalue weighted by atomic mass is 10.2. The quantitative estimate of drug-likeness (QED) is 0.757. The lowest BCUT2D eigenvalue weighted by Crippen LogP contribution is -2.25. The molecule has 0 aliphatic carbocycles. The van der Waals surface area contributed by atoms with Crippen molar-refractivity contribution in [3.8, 4) is 5.75 Å². The minimum Gasteiger partial charge on any atom is -0.482 e. The number of halogens is 3. The maximum atomic E-state index is 11.9. The molecule has 1 aromatic carbocycles. The number of carboxylic acid groups (broad SMARTS) is 1. The standard InChI is InChI=1S/C13H14F3NO4/c14-13(15,16)5-2-6-17-12(20)9-3-1-4-10(7-9)21-8-11(18)19/h1,3-4,7H,2,5-6,8H2,(H,17,20)(H,18,19). The molecule has 0 saturated heterocycles. The van der Waals surface area contributed by atoms with Gasteiger partial charge in [0.05, 0.1) is 0 Å². The molecule has 8 heteroatoms. The van der Waals surface area contributed by atoms with Crippen LogP contribution in [-0.2, 0) is 4.79 Å². The van der Waals surface area contributed by atoms with Crippen LogP contribution < -0.4 is 10.1 Å². The molecule has 116 valence electrons. The predicted octanol–water partition coefficient (Wildman–Crippen LogP) is 2.22. The summed E-state index contributed by atoms with van der Waals surface area (Å²) in [6, 6.07) is 5.74. The fraction of sp³-hybridized carbons (Fsp3) is 0.385. The Hall–Kier alpha value is -2.25. The van der Waals surface area contributed by atoms with Gasteiger partial charge in [0.15, 0.2) is 6.61 Å². The maximum Gasteiger partial charge on any atom is 0.389 e. The van der Waals surface area contributed by atoms with Gasteiger partial charge < -0.3 is 15.2 Å². The smallest absolute Gasteiger partial charge is 0.389 e. The summed E-state index contributed by atoms with van der Waals surface area (Å²) in [5.41, 5.74) is 0.185. The van der Waals surface area contributed by atoms with Crippen LogP contribution in [0.5, 0.6) is 5.75 Å². The molecule has 0 aliphatic heterocycles. The topological polar surface area (TPSA) is 75.6 Å². The summed E-state index contributed by atoms with van der Waals surface area (Å²) in [6.45, 7) is -0.644. The summed E-state index contributed by atoms with van der Waals surface area (Å²) in [5.74, 6) is -1.50. The first kappa shape index (κ1) is 16.8. The van der Waals surface area contributed by atoms with Crippen molar-refractivity contribution >= 4 is 11.9 Å². The van der Waals surface area contributed by atoms with E-state index in [0.717, 1.165) is 0 Å². The molecule has 1 rings (SSSR count). The minimum absolute atomic E-state index is 0.0987. The number of amides is 1. The van der Waals surface area contributed by atoms with Crippen molar-refractivity contribution in [3.05, 3.63) is 29.8 Å². The van der Waals surface area contributed by atoms with E-state index in [1.807, 2.05) is 0 Å². The molecule has 0 radical (unpaired) electrons. The van der Waals surface area contributed by atoms with Crippen LogP contribution >= 0.6 is 0 Å². The van der Waals surface area contributed by atoms with E-state index >= 15 is 0 Å². The first-order chi connectivity index (χ1) is 9.78. The van der Waals surface area contributed by atoms with Gasteiger partial charge in [0.1, 0.15) is 5.75 Å². The molecule has 0 aliphatic rings. The summed E-state index contributed by atoms with van der Waals surface area (Å²) in [6.07, 6.45) is -5.41. The Kier molecular flexibility index (Phi) is 6.01. The number of alkyl halides is 3. The Morgan fingerprint density at radius 2 is 2.00 bits per heavy atom. The molecule has 2 N–H and O–H groups in total. The first-order valence-electron chi connectivity index (χ1n) is 6.07. The van der Waals surface area contributed by atoms with Gasteiger partial charge >= 0.3 is 12.1 Å². The maximum absolute atomic E-state index is 11.9. The van der Waals surface area contributed by atoms with Crippen molar-refractivity contribution in [2.45, 2.75) is 19.0 Å². The van der Waals surface area contributed by atoms with Gasteiger partial charge in [-0.1, -0.05) is 6.07 Å². The zero-order valence-electron chi connectivity index (χ0n) is 10.9. The van der Waals surface area contributed by atoms with E-state index in [4.69, 9.17) is 9.84 Å². The van der Waals surface area contributed by atoms with Crippen molar-refractivity contribution in [1.29, 1.82) is 0 Å². The van der Waals surface area contributed by atoms with Crippen molar-refractivity contribution in [2.24, 2.45) is 0 Å². The van der Waals surface area contributed by atoms with E-state index < -0.39 is 31.1 Å². The fourth-order valence-corrected chi connectivity index (χ4v) is 1.47. The van der Waals surface area contributed by atoms with Gasteiger partial charge in [-0.2, -0.15) is 13.2 Å². The van der Waals surface area contributed by atoms with E-state index in [0.29, 0.717) is 0 Å². The molecule has 1 aromatic rings. The van der Waals surface area contributed by atoms with Crippen LogP contribution in [0.3, 0.4) is 0 Å². The molecule has 5 nitrogen and oxygen atoms in total. The van der Waals surface area contributed by atoms with Crippen molar-refractivity contribution in [1.82, 2.24) is 5.32 Å². The SMILES string of the molecule is O=C(O)COc1cccc(C(=O)NCCCC(F)(F)F)c1. The summed E-state index contributed by atoms with van der Waals surface area (Å²) in [4.78, 5) is 22.0. The van der Waals surface area contributed by atoms with Gasteiger partial charge in [-0.3, -0.25) is 4.79 Å². The molecule has 21 heavy (non-hydrogen) atoms. The lowest BCUT2D eigenvalue weighted by Gasteiger charge is -2.08. The van der Waals surface area contributed by atoms with E-state index in [-0.39, 0.29) is 24.3 Å². The molecule has 0 saturated carbocycles. The highest BCUT2D eigenvalue weighted by atomic mass is 19.4. The summed E-state index contributed by atoms with van der Waals surface area (Å²) < 4.78 is 40.7. The number of carbonyl (C=O) groups excluding carboxylic acids is 1. The number of nitrogens with one attached hydrogen (secondary N) is 1. The van der Waals surface area contributed by atoms with Crippen LogP contribution in [-0.4, -0.2) is 36.3 Å². The summed E-state index contributed by atoms with van der Waals surface area (Å²) in [5, 5.41) is 10.8. The number of ether oxygens (including phenoxy) is 1. The van der Waals surface area contributed by atoms with Crippen LogP contribution in [0.2, 0.25) is 0 Å². The zero-order valence-corrected chi connectivity index (χ0v) is 10.9. The predicted molar refractivity (Wildman–Crippen MR) is 67.2 cm³/mol. The monoisotopic (exact) mass is 305 g/mol. The van der Waals surface area contributed by atoms with Gasteiger partial charge in [-0.25, -0.2) is 4.79 Å². The molecule has 1 amide bonds. The average molecular weight is 305 g/mol. The molecule has 0 aromatic heterocycles. The number of rotatable bonds is 7. The normalized spacial score (nSPS) is 11.0. The third kappa shape index (κ3) is 7.19. The Balaban J connectivity index is 2.46. The average Bonchev–Trinajstić information content (AvgIpc) is 2.40. The molecule has 0 fully saturated rings. The number of carboxylic acids is 1. The molecule has 0 heterocycles. The Morgan fingerprint density at radius 3 is 2.62 bits per heavy atom. The molecular formula is C13H14F3NO4. The lowest BCUT2D eigenvalue weighted by molar-refractivity contribution is -0.139. The Labute approximate surface area is 118 Å². The number of hydrogen-bond donors (Lipinski definition) is 2. The summed E-state index contributed by atoms with van der Waals surface area (Å²) in [7, 11) is 0. The molecular weight excluding hydrogens is 291 g/mol. The van der Waals surface area contributed by atoms with Gasteiger partial charge in [0.25, 0.3) is 5.91 Å². The van der Waals surface area contributed by atoms with Crippen LogP contribution in [0.15, 0.2) is 24.3 Å². The van der Waals surface area contributed by atoms with Crippen LogP contribution in [0.4, 0.5) is 13.2 Å². The van der Waals surface area contributed by atoms with Gasteiger partial charge in [0.2, 0.25) is 0 Å². The van der Waals surface area contributed by atoms with Gasteiger partial charge in [0, 0.05) is 18.5 Å². The van der Waals surface area contributed by atoms with E-state index in [1.54, 1.807) is 0 Å². The number of hydrogen-bond acceptors (Lipinski definition) is 3. The van der Waals surface area contributed by atoms with E-state index in [9.17, 15) is 22.8 Å². The minimum atomic E-state index is -4.24. The van der Waals surface area contributed by atoms with Crippen LogP contribution in [0.25, 0.3) is 0 Å². The highest BCUT2D eigenvalue weighted by Crippen LogP contribution is 2.20. The van der Waals surface area contributed by atoms with E-state index in [2.05, 4.69) is 5.32 Å². The van der Waals surface area contributed by atoms with Gasteiger partial charge in [-0.05, 0) is 24.6 Å².